The van der Waals surface area contributed by atoms with Crippen LogP contribution in [0.1, 0.15) is 29.7 Å². The molecule has 0 aliphatic rings. The molecule has 0 unspecified atom stereocenters. The number of hydrogen-bond acceptors (Lipinski definition) is 5. The van der Waals surface area contributed by atoms with Crippen molar-refractivity contribution in [2.24, 2.45) is 0 Å². The van der Waals surface area contributed by atoms with E-state index in [4.69, 9.17) is 9.47 Å². The Morgan fingerprint density at radius 1 is 1.04 bits per heavy atom. The second kappa shape index (κ2) is 10.1. The van der Waals surface area contributed by atoms with Gasteiger partial charge in [-0.2, -0.15) is 0 Å². The first-order chi connectivity index (χ1) is 13.4. The number of aryl methyl sites for hydroxylation is 2. The molecule has 3 amide bonds. The molecule has 0 aliphatic carbocycles. The van der Waals surface area contributed by atoms with Gasteiger partial charge < -0.3 is 14.8 Å². The molecule has 2 aromatic rings. The minimum atomic E-state index is -1.27. The second-order valence-corrected chi connectivity index (χ2v) is 6.19. The average Bonchev–Trinajstić information content (AvgIpc) is 2.67. The number of imide groups is 1. The van der Waals surface area contributed by atoms with E-state index in [2.05, 4.69) is 10.6 Å². The van der Waals surface area contributed by atoms with Crippen molar-refractivity contribution >= 4 is 17.9 Å². The van der Waals surface area contributed by atoms with Crippen LogP contribution in [0.15, 0.2) is 48.5 Å². The highest BCUT2D eigenvalue weighted by atomic mass is 16.6. The molecule has 2 aromatic carbocycles. The summed E-state index contributed by atoms with van der Waals surface area (Å²) in [5.74, 6) is -0.891. The van der Waals surface area contributed by atoms with Crippen LogP contribution in [0.3, 0.4) is 0 Å². The Morgan fingerprint density at radius 3 is 2.43 bits per heavy atom. The molecular weight excluding hydrogens is 360 g/mol. The number of carbonyl (C=O) groups excluding carboxylic acids is 3. The molecule has 0 spiro atoms. The topological polar surface area (TPSA) is 93.7 Å². The quantitative estimate of drug-likeness (QED) is 0.716. The van der Waals surface area contributed by atoms with Gasteiger partial charge in [0.1, 0.15) is 5.75 Å². The normalized spacial score (nSPS) is 11.2. The van der Waals surface area contributed by atoms with E-state index in [9.17, 15) is 14.4 Å². The van der Waals surface area contributed by atoms with E-state index in [0.717, 1.165) is 11.1 Å². The highest BCUT2D eigenvalue weighted by molar-refractivity contribution is 5.97. The highest BCUT2D eigenvalue weighted by Gasteiger charge is 2.26. The molecule has 2 N–H and O–H groups in total. The summed E-state index contributed by atoms with van der Waals surface area (Å²) in [6, 6.07) is 13.5. The van der Waals surface area contributed by atoms with Crippen LogP contribution >= 0.6 is 0 Å². The Morgan fingerprint density at radius 2 is 1.75 bits per heavy atom. The molecule has 0 saturated carbocycles. The van der Waals surface area contributed by atoms with Crippen molar-refractivity contribution in [2.45, 2.75) is 26.9 Å². The Balaban J connectivity index is 2.06. The van der Waals surface area contributed by atoms with Gasteiger partial charge >= 0.3 is 12.0 Å². The lowest BCUT2D eigenvalue weighted by Gasteiger charge is -2.18. The van der Waals surface area contributed by atoms with E-state index in [0.29, 0.717) is 17.9 Å². The maximum absolute atomic E-state index is 12.4. The van der Waals surface area contributed by atoms with Gasteiger partial charge in [-0.05, 0) is 38.0 Å². The van der Waals surface area contributed by atoms with Crippen molar-refractivity contribution < 1.29 is 23.9 Å². The van der Waals surface area contributed by atoms with Gasteiger partial charge in [-0.3, -0.25) is 10.1 Å². The van der Waals surface area contributed by atoms with Crippen LogP contribution in [0.2, 0.25) is 0 Å². The van der Waals surface area contributed by atoms with Crippen molar-refractivity contribution in [3.63, 3.8) is 0 Å². The number of esters is 1. The van der Waals surface area contributed by atoms with Gasteiger partial charge in [0.25, 0.3) is 5.91 Å². The van der Waals surface area contributed by atoms with Crippen LogP contribution in [0.5, 0.6) is 5.75 Å². The molecular formula is C21H24N2O5. The van der Waals surface area contributed by atoms with Crippen LogP contribution in [-0.4, -0.2) is 31.1 Å². The molecule has 0 bridgehead atoms. The SMILES string of the molecule is CCNC(=O)NC(=O)[C@H](OC(=O)COc1cc(C)ccc1C)c1ccccc1. The molecule has 2 rings (SSSR count). The number of hydrogen-bond donors (Lipinski definition) is 2. The van der Waals surface area contributed by atoms with Crippen molar-refractivity contribution in [2.75, 3.05) is 13.2 Å². The van der Waals surface area contributed by atoms with E-state index in [1.54, 1.807) is 37.3 Å². The van der Waals surface area contributed by atoms with Crippen LogP contribution in [0.4, 0.5) is 4.79 Å². The number of urea groups is 1. The van der Waals surface area contributed by atoms with Gasteiger partial charge in [0, 0.05) is 12.1 Å². The molecule has 1 atom stereocenters. The largest absolute Gasteiger partial charge is 0.482 e. The van der Waals surface area contributed by atoms with Crippen LogP contribution in [-0.2, 0) is 14.3 Å². The third kappa shape index (κ3) is 6.12. The third-order valence-electron chi connectivity index (χ3n) is 3.85. The van der Waals surface area contributed by atoms with Gasteiger partial charge in [0.15, 0.2) is 6.61 Å². The molecule has 28 heavy (non-hydrogen) atoms. The van der Waals surface area contributed by atoms with Crippen LogP contribution in [0, 0.1) is 13.8 Å². The van der Waals surface area contributed by atoms with E-state index < -0.39 is 24.0 Å². The number of rotatable bonds is 7. The zero-order valence-corrected chi connectivity index (χ0v) is 16.2. The Hall–Kier alpha value is -3.35. The average molecular weight is 384 g/mol. The van der Waals surface area contributed by atoms with Crippen molar-refractivity contribution in [1.82, 2.24) is 10.6 Å². The van der Waals surface area contributed by atoms with Gasteiger partial charge in [0.05, 0.1) is 0 Å². The molecule has 0 heterocycles. The van der Waals surface area contributed by atoms with Gasteiger partial charge in [0.2, 0.25) is 6.10 Å². The molecule has 0 fully saturated rings. The Labute approximate surface area is 164 Å². The van der Waals surface area contributed by atoms with Crippen LogP contribution in [0.25, 0.3) is 0 Å². The number of benzene rings is 2. The zero-order valence-electron chi connectivity index (χ0n) is 16.2. The molecule has 0 radical (unpaired) electrons. The summed E-state index contributed by atoms with van der Waals surface area (Å²) in [4.78, 5) is 36.4. The summed E-state index contributed by atoms with van der Waals surface area (Å²) in [6.07, 6.45) is -1.27. The fourth-order valence-electron chi connectivity index (χ4n) is 2.45. The number of nitrogens with one attached hydrogen (secondary N) is 2. The van der Waals surface area contributed by atoms with Gasteiger partial charge in [-0.25, -0.2) is 9.59 Å². The summed E-state index contributed by atoms with van der Waals surface area (Å²) in [6.45, 7) is 5.51. The van der Waals surface area contributed by atoms with Crippen LogP contribution < -0.4 is 15.4 Å². The maximum atomic E-state index is 12.4. The number of amides is 3. The first kappa shape index (κ1) is 21.0. The summed E-state index contributed by atoms with van der Waals surface area (Å²) in [5, 5.41) is 4.63. The lowest BCUT2D eigenvalue weighted by Crippen LogP contribution is -2.42. The molecule has 0 aliphatic heterocycles. The van der Waals surface area contributed by atoms with Gasteiger partial charge in [-0.15, -0.1) is 0 Å². The van der Waals surface area contributed by atoms with E-state index in [1.807, 2.05) is 32.0 Å². The lowest BCUT2D eigenvalue weighted by atomic mass is 10.1. The minimum Gasteiger partial charge on any atom is -0.482 e. The summed E-state index contributed by atoms with van der Waals surface area (Å²) >= 11 is 0. The monoisotopic (exact) mass is 384 g/mol. The van der Waals surface area contributed by atoms with Gasteiger partial charge in [-0.1, -0.05) is 42.5 Å². The minimum absolute atomic E-state index is 0.359. The van der Waals surface area contributed by atoms with Crippen molar-refractivity contribution in [3.05, 3.63) is 65.2 Å². The second-order valence-electron chi connectivity index (χ2n) is 6.19. The Kier molecular flexibility index (Phi) is 7.56. The fraction of sp³-hybridized carbons (Fsp3) is 0.286. The molecule has 148 valence electrons. The summed E-state index contributed by atoms with van der Waals surface area (Å²) in [5.41, 5.74) is 2.33. The molecule has 7 heteroatoms. The standard InChI is InChI=1S/C21H24N2O5/c1-4-22-21(26)23-20(25)19(16-8-6-5-7-9-16)28-18(24)13-27-17-12-14(2)10-11-15(17)3/h5-12,19H,4,13H2,1-3H3,(H2,22,23,25,26)/t19-/m1/s1. The fourth-order valence-corrected chi connectivity index (χ4v) is 2.45. The molecule has 7 nitrogen and oxygen atoms in total. The highest BCUT2D eigenvalue weighted by Crippen LogP contribution is 2.21. The predicted molar refractivity (Wildman–Crippen MR) is 104 cm³/mol. The smallest absolute Gasteiger partial charge is 0.345 e. The van der Waals surface area contributed by atoms with Crippen molar-refractivity contribution in [1.29, 1.82) is 0 Å². The zero-order chi connectivity index (χ0) is 20.5. The summed E-state index contributed by atoms with van der Waals surface area (Å²) in [7, 11) is 0. The van der Waals surface area contributed by atoms with E-state index in [1.165, 1.54) is 0 Å². The maximum Gasteiger partial charge on any atom is 0.345 e. The van der Waals surface area contributed by atoms with E-state index in [-0.39, 0.29) is 6.61 Å². The van der Waals surface area contributed by atoms with Crippen molar-refractivity contribution in [3.8, 4) is 5.75 Å². The Bertz CT molecular complexity index is 836. The first-order valence-electron chi connectivity index (χ1n) is 8.94. The predicted octanol–water partition coefficient (Wildman–Crippen LogP) is 2.81. The third-order valence-corrected chi connectivity index (χ3v) is 3.85. The summed E-state index contributed by atoms with van der Waals surface area (Å²) < 4.78 is 10.8. The molecule has 0 aromatic heterocycles. The number of ether oxygens (including phenoxy) is 2. The van der Waals surface area contributed by atoms with E-state index >= 15 is 0 Å². The lowest BCUT2D eigenvalue weighted by molar-refractivity contribution is -0.158. The molecule has 0 saturated heterocycles. The first-order valence-corrected chi connectivity index (χ1v) is 8.94. The number of carbonyl (C=O) groups is 3.